The van der Waals surface area contributed by atoms with E-state index in [9.17, 15) is 17.6 Å². The average molecular weight is 458 g/mol. The summed E-state index contributed by atoms with van der Waals surface area (Å²) in [6.07, 6.45) is 4.47. The average Bonchev–Trinajstić information content (AvgIpc) is 2.77. The maximum Gasteiger partial charge on any atom is 0.261 e. The van der Waals surface area contributed by atoms with Crippen LogP contribution in [0.1, 0.15) is 36.5 Å². The van der Waals surface area contributed by atoms with E-state index in [2.05, 4.69) is 21.9 Å². The number of nitrogens with zero attached hydrogens (tertiary/aromatic N) is 1. The van der Waals surface area contributed by atoms with Crippen molar-refractivity contribution in [1.82, 2.24) is 10.3 Å². The molecule has 1 aromatic heterocycles. The number of benzene rings is 2. The van der Waals surface area contributed by atoms with E-state index in [0.29, 0.717) is 12.3 Å². The molecule has 0 spiro atoms. The van der Waals surface area contributed by atoms with E-state index in [4.69, 9.17) is 4.74 Å². The smallest absolute Gasteiger partial charge is 0.261 e. The fraction of sp³-hybridized carbons (Fsp3) is 0.217. The molecule has 1 heterocycles. The fourth-order valence-electron chi connectivity index (χ4n) is 2.88. The summed E-state index contributed by atoms with van der Waals surface area (Å²) in [6.45, 7) is 2.64. The van der Waals surface area contributed by atoms with Crippen molar-refractivity contribution < 1.29 is 22.3 Å². The van der Waals surface area contributed by atoms with E-state index < -0.39 is 15.8 Å². The largest absolute Gasteiger partial charge is 0.438 e. The first-order chi connectivity index (χ1) is 15.4. The number of anilines is 1. The number of pyridine rings is 1. The minimum Gasteiger partial charge on any atom is -0.438 e. The lowest BCUT2D eigenvalue weighted by atomic mass is 10.2. The van der Waals surface area contributed by atoms with E-state index >= 15 is 0 Å². The molecule has 0 saturated carbocycles. The Hall–Kier alpha value is -3.46. The second-order valence-electron chi connectivity index (χ2n) is 7.01. The molecule has 0 bridgehead atoms. The molecular formula is C23H24FN3O4S. The van der Waals surface area contributed by atoms with Gasteiger partial charge in [0, 0.05) is 18.8 Å². The zero-order valence-corrected chi connectivity index (χ0v) is 18.4. The van der Waals surface area contributed by atoms with Crippen molar-refractivity contribution in [2.24, 2.45) is 0 Å². The molecule has 0 fully saturated rings. The van der Waals surface area contributed by atoms with Crippen LogP contribution in [-0.2, 0) is 10.0 Å². The van der Waals surface area contributed by atoms with Crippen molar-refractivity contribution in [3.63, 3.8) is 0 Å². The highest BCUT2D eigenvalue weighted by Gasteiger charge is 2.16. The Morgan fingerprint density at radius 1 is 1.06 bits per heavy atom. The molecule has 0 aliphatic heterocycles. The monoisotopic (exact) mass is 457 g/mol. The highest BCUT2D eigenvalue weighted by molar-refractivity contribution is 7.92. The van der Waals surface area contributed by atoms with Gasteiger partial charge in [0.05, 0.1) is 10.6 Å². The second kappa shape index (κ2) is 10.7. The topological polar surface area (TPSA) is 97.4 Å². The van der Waals surface area contributed by atoms with E-state index in [0.717, 1.165) is 31.4 Å². The molecule has 32 heavy (non-hydrogen) atoms. The number of nitrogens with one attached hydrogen (secondary N) is 2. The summed E-state index contributed by atoms with van der Waals surface area (Å²) in [7, 11) is -3.91. The molecule has 2 aromatic carbocycles. The third kappa shape index (κ3) is 6.27. The van der Waals surface area contributed by atoms with Crippen molar-refractivity contribution in [2.75, 3.05) is 11.3 Å². The number of rotatable bonds is 10. The number of sulfonamides is 1. The number of hydrogen-bond donors (Lipinski definition) is 2. The van der Waals surface area contributed by atoms with Crippen LogP contribution in [0.5, 0.6) is 11.6 Å². The summed E-state index contributed by atoms with van der Waals surface area (Å²) in [5, 5.41) is 2.85. The maximum absolute atomic E-state index is 13.1. The van der Waals surface area contributed by atoms with Crippen LogP contribution < -0.4 is 14.8 Å². The van der Waals surface area contributed by atoms with Gasteiger partial charge in [0.1, 0.15) is 17.1 Å². The van der Waals surface area contributed by atoms with Crippen LogP contribution in [0.15, 0.2) is 71.8 Å². The molecule has 2 N–H and O–H groups in total. The third-order valence-corrected chi connectivity index (χ3v) is 5.90. The first-order valence-corrected chi connectivity index (χ1v) is 11.7. The third-order valence-electron chi connectivity index (χ3n) is 4.51. The summed E-state index contributed by atoms with van der Waals surface area (Å²) in [4.78, 5) is 16.6. The summed E-state index contributed by atoms with van der Waals surface area (Å²) in [5.74, 6) is -0.417. The van der Waals surface area contributed by atoms with Gasteiger partial charge in [-0.2, -0.15) is 0 Å². The maximum atomic E-state index is 13.1. The van der Waals surface area contributed by atoms with Crippen LogP contribution >= 0.6 is 0 Å². The van der Waals surface area contributed by atoms with Crippen molar-refractivity contribution in [3.05, 3.63) is 78.2 Å². The lowest BCUT2D eigenvalue weighted by Gasteiger charge is -2.12. The Bertz CT molecular complexity index is 1170. The molecule has 1 amide bonds. The van der Waals surface area contributed by atoms with Crippen LogP contribution in [0.25, 0.3) is 0 Å². The molecular weight excluding hydrogens is 433 g/mol. The molecule has 0 aliphatic carbocycles. The molecule has 7 nitrogen and oxygen atoms in total. The SMILES string of the molecule is CCCCCNC(=O)c1cccnc1Oc1cccc(NS(=O)(=O)c2ccc(F)cc2)c1. The standard InChI is InChI=1S/C23H24FN3O4S/c1-2-3-4-14-25-22(28)21-9-6-15-26-23(21)31-19-8-5-7-18(16-19)27-32(29,30)20-12-10-17(24)11-13-20/h5-13,15-16,27H,2-4,14H2,1H3,(H,25,28). The minimum absolute atomic E-state index is 0.0722. The summed E-state index contributed by atoms with van der Waals surface area (Å²) < 4.78 is 46.4. The van der Waals surface area contributed by atoms with E-state index in [1.54, 1.807) is 30.3 Å². The first kappa shape index (κ1) is 23.2. The summed E-state index contributed by atoms with van der Waals surface area (Å²) >= 11 is 0. The molecule has 168 valence electrons. The highest BCUT2D eigenvalue weighted by Crippen LogP contribution is 2.26. The Morgan fingerprint density at radius 2 is 1.84 bits per heavy atom. The van der Waals surface area contributed by atoms with Gasteiger partial charge in [0.15, 0.2) is 0 Å². The molecule has 9 heteroatoms. The van der Waals surface area contributed by atoms with E-state index in [1.165, 1.54) is 24.4 Å². The molecule has 0 unspecified atom stereocenters. The highest BCUT2D eigenvalue weighted by atomic mass is 32.2. The van der Waals surface area contributed by atoms with Gasteiger partial charge in [-0.05, 0) is 55.0 Å². The van der Waals surface area contributed by atoms with Crippen molar-refractivity contribution in [1.29, 1.82) is 0 Å². The van der Waals surface area contributed by atoms with Crippen molar-refractivity contribution in [3.8, 4) is 11.6 Å². The summed E-state index contributed by atoms with van der Waals surface area (Å²) in [6, 6.07) is 14.0. The number of carbonyl (C=O) groups is 1. The Balaban J connectivity index is 1.74. The van der Waals surface area contributed by atoms with Gasteiger partial charge < -0.3 is 10.1 Å². The van der Waals surface area contributed by atoms with Crippen LogP contribution in [0.4, 0.5) is 10.1 Å². The van der Waals surface area contributed by atoms with Gasteiger partial charge in [-0.25, -0.2) is 17.8 Å². The van der Waals surface area contributed by atoms with Crippen LogP contribution in [0.3, 0.4) is 0 Å². The van der Waals surface area contributed by atoms with E-state index in [1.807, 2.05) is 0 Å². The summed E-state index contributed by atoms with van der Waals surface area (Å²) in [5.41, 5.74) is 0.523. The van der Waals surface area contributed by atoms with Gasteiger partial charge in [0.25, 0.3) is 15.9 Å². The first-order valence-electron chi connectivity index (χ1n) is 10.2. The number of halogens is 1. The molecule has 0 atom stereocenters. The number of unbranched alkanes of at least 4 members (excludes halogenated alkanes) is 2. The van der Waals surface area contributed by atoms with E-state index in [-0.39, 0.29) is 27.9 Å². The predicted molar refractivity (Wildman–Crippen MR) is 120 cm³/mol. The molecule has 0 aliphatic rings. The quantitative estimate of drug-likeness (QED) is 0.429. The number of ether oxygens (including phenoxy) is 1. The van der Waals surface area contributed by atoms with Gasteiger partial charge in [-0.1, -0.05) is 25.8 Å². The van der Waals surface area contributed by atoms with Crippen molar-refractivity contribution >= 4 is 21.6 Å². The lowest BCUT2D eigenvalue weighted by molar-refractivity contribution is 0.0950. The minimum atomic E-state index is -3.91. The second-order valence-corrected chi connectivity index (χ2v) is 8.69. The van der Waals surface area contributed by atoms with Gasteiger partial charge >= 0.3 is 0 Å². The Kier molecular flexibility index (Phi) is 7.77. The number of hydrogen-bond acceptors (Lipinski definition) is 5. The molecule has 0 radical (unpaired) electrons. The number of aromatic nitrogens is 1. The normalized spacial score (nSPS) is 11.1. The Labute approximate surface area is 186 Å². The zero-order valence-electron chi connectivity index (χ0n) is 17.5. The Morgan fingerprint density at radius 3 is 2.59 bits per heavy atom. The fourth-order valence-corrected chi connectivity index (χ4v) is 3.93. The van der Waals surface area contributed by atoms with Crippen molar-refractivity contribution in [2.45, 2.75) is 31.1 Å². The van der Waals surface area contributed by atoms with Gasteiger partial charge in [-0.15, -0.1) is 0 Å². The van der Waals surface area contributed by atoms with Crippen LogP contribution in [-0.4, -0.2) is 25.9 Å². The molecule has 3 rings (SSSR count). The van der Waals surface area contributed by atoms with Crippen LogP contribution in [0, 0.1) is 5.82 Å². The molecule has 0 saturated heterocycles. The number of carbonyl (C=O) groups excluding carboxylic acids is 1. The van der Waals surface area contributed by atoms with Gasteiger partial charge in [0.2, 0.25) is 5.88 Å². The zero-order chi connectivity index (χ0) is 23.0. The lowest BCUT2D eigenvalue weighted by Crippen LogP contribution is -2.25. The number of amides is 1. The molecule has 3 aromatic rings. The predicted octanol–water partition coefficient (Wildman–Crippen LogP) is 4.73. The van der Waals surface area contributed by atoms with Crippen LogP contribution in [0.2, 0.25) is 0 Å². The van der Waals surface area contributed by atoms with Gasteiger partial charge in [-0.3, -0.25) is 9.52 Å².